The van der Waals surface area contributed by atoms with Crippen molar-refractivity contribution in [2.24, 2.45) is 0 Å². The van der Waals surface area contributed by atoms with Crippen molar-refractivity contribution in [1.82, 2.24) is 15.1 Å². The van der Waals surface area contributed by atoms with E-state index in [1.165, 1.54) is 6.26 Å². The van der Waals surface area contributed by atoms with Crippen LogP contribution in [0.2, 0.25) is 0 Å². The van der Waals surface area contributed by atoms with Crippen LogP contribution >= 0.6 is 0 Å². The van der Waals surface area contributed by atoms with Crippen molar-refractivity contribution in [3.63, 3.8) is 0 Å². The molecule has 0 radical (unpaired) electrons. The predicted octanol–water partition coefficient (Wildman–Crippen LogP) is 0.872. The van der Waals surface area contributed by atoms with Crippen LogP contribution in [0, 0.1) is 6.92 Å². The molecular formula is C15H23N3O3. The monoisotopic (exact) mass is 293 g/mol. The second kappa shape index (κ2) is 7.26. The highest BCUT2D eigenvalue weighted by Crippen LogP contribution is 2.08. The fraction of sp³-hybridized carbons (Fsp3) is 0.600. The Balaban J connectivity index is 1.70. The third kappa shape index (κ3) is 4.07. The quantitative estimate of drug-likeness (QED) is 0.875. The average molecular weight is 293 g/mol. The van der Waals surface area contributed by atoms with Gasteiger partial charge in [-0.1, -0.05) is 6.92 Å². The summed E-state index contributed by atoms with van der Waals surface area (Å²) in [5, 5.41) is 2.76. The smallest absolute Gasteiger partial charge is 0.254 e. The highest BCUT2D eigenvalue weighted by atomic mass is 16.3. The SMILES string of the molecule is CCN1CCN(C(=O)CCNC(=O)c2ccoc2C)CC1. The summed E-state index contributed by atoms with van der Waals surface area (Å²) in [6, 6.07) is 1.64. The van der Waals surface area contributed by atoms with Gasteiger partial charge in [0.25, 0.3) is 5.91 Å². The van der Waals surface area contributed by atoms with E-state index < -0.39 is 0 Å². The lowest BCUT2D eigenvalue weighted by atomic mass is 10.2. The molecule has 0 unspecified atom stereocenters. The van der Waals surface area contributed by atoms with Crippen molar-refractivity contribution < 1.29 is 14.0 Å². The van der Waals surface area contributed by atoms with Crippen LogP contribution in [0.5, 0.6) is 0 Å². The minimum Gasteiger partial charge on any atom is -0.469 e. The molecule has 2 amide bonds. The Bertz CT molecular complexity index is 490. The summed E-state index contributed by atoms with van der Waals surface area (Å²) in [4.78, 5) is 28.1. The zero-order valence-electron chi connectivity index (χ0n) is 12.7. The van der Waals surface area contributed by atoms with Gasteiger partial charge in [0.15, 0.2) is 0 Å². The zero-order chi connectivity index (χ0) is 15.2. The number of carbonyl (C=O) groups excluding carboxylic acids is 2. The summed E-state index contributed by atoms with van der Waals surface area (Å²) in [6.45, 7) is 8.69. The van der Waals surface area contributed by atoms with Crippen molar-refractivity contribution >= 4 is 11.8 Å². The van der Waals surface area contributed by atoms with Crippen molar-refractivity contribution in [3.8, 4) is 0 Å². The summed E-state index contributed by atoms with van der Waals surface area (Å²) >= 11 is 0. The minimum absolute atomic E-state index is 0.106. The topological polar surface area (TPSA) is 65.8 Å². The highest BCUT2D eigenvalue weighted by molar-refractivity contribution is 5.95. The van der Waals surface area contributed by atoms with Gasteiger partial charge < -0.3 is 19.5 Å². The van der Waals surface area contributed by atoms with E-state index in [9.17, 15) is 9.59 Å². The molecule has 2 heterocycles. The van der Waals surface area contributed by atoms with E-state index in [1.807, 2.05) is 4.90 Å². The number of nitrogens with zero attached hydrogens (tertiary/aromatic N) is 2. The lowest BCUT2D eigenvalue weighted by Gasteiger charge is -2.34. The van der Waals surface area contributed by atoms with Crippen molar-refractivity contribution in [1.29, 1.82) is 0 Å². The number of amides is 2. The van der Waals surface area contributed by atoms with E-state index in [-0.39, 0.29) is 11.8 Å². The predicted molar refractivity (Wildman–Crippen MR) is 79.1 cm³/mol. The molecule has 1 aliphatic rings. The molecule has 1 aromatic rings. The summed E-state index contributed by atoms with van der Waals surface area (Å²) in [7, 11) is 0. The Labute approximate surface area is 125 Å². The van der Waals surface area contributed by atoms with Gasteiger partial charge in [0, 0.05) is 39.1 Å². The second-order valence-electron chi connectivity index (χ2n) is 5.21. The van der Waals surface area contributed by atoms with Crippen molar-refractivity contribution in [2.75, 3.05) is 39.3 Å². The number of furan rings is 1. The van der Waals surface area contributed by atoms with Gasteiger partial charge in [-0.15, -0.1) is 0 Å². The standard InChI is InChI=1S/C15H23N3O3/c1-3-17-7-9-18(10-8-17)14(19)4-6-16-15(20)13-5-11-21-12(13)2/h5,11H,3-4,6-10H2,1-2H3,(H,16,20). The molecule has 21 heavy (non-hydrogen) atoms. The third-order valence-corrected chi connectivity index (χ3v) is 3.90. The van der Waals surface area contributed by atoms with Crippen LogP contribution in [-0.4, -0.2) is 60.9 Å². The van der Waals surface area contributed by atoms with Gasteiger partial charge in [0.2, 0.25) is 5.91 Å². The van der Waals surface area contributed by atoms with Gasteiger partial charge in [0.1, 0.15) is 5.76 Å². The van der Waals surface area contributed by atoms with E-state index >= 15 is 0 Å². The first-order valence-corrected chi connectivity index (χ1v) is 7.44. The molecule has 1 fully saturated rings. The van der Waals surface area contributed by atoms with Crippen molar-refractivity contribution in [2.45, 2.75) is 20.3 Å². The van der Waals surface area contributed by atoms with E-state index in [0.29, 0.717) is 24.3 Å². The first-order valence-electron chi connectivity index (χ1n) is 7.44. The molecule has 0 bridgehead atoms. The van der Waals surface area contributed by atoms with Crippen LogP contribution in [0.1, 0.15) is 29.5 Å². The Hall–Kier alpha value is -1.82. The van der Waals surface area contributed by atoms with Gasteiger partial charge in [-0.25, -0.2) is 0 Å². The molecule has 6 heteroatoms. The van der Waals surface area contributed by atoms with Gasteiger partial charge >= 0.3 is 0 Å². The van der Waals surface area contributed by atoms with Crippen LogP contribution < -0.4 is 5.32 Å². The number of nitrogens with one attached hydrogen (secondary N) is 1. The van der Waals surface area contributed by atoms with E-state index in [4.69, 9.17) is 4.42 Å². The third-order valence-electron chi connectivity index (χ3n) is 3.90. The Kier molecular flexibility index (Phi) is 5.38. The van der Waals surface area contributed by atoms with Gasteiger partial charge in [-0.2, -0.15) is 0 Å². The van der Waals surface area contributed by atoms with Crippen LogP contribution in [0.15, 0.2) is 16.7 Å². The zero-order valence-corrected chi connectivity index (χ0v) is 12.7. The first-order chi connectivity index (χ1) is 10.1. The van der Waals surface area contributed by atoms with Gasteiger partial charge in [-0.3, -0.25) is 9.59 Å². The lowest BCUT2D eigenvalue weighted by Crippen LogP contribution is -2.49. The van der Waals surface area contributed by atoms with Crippen LogP contribution in [-0.2, 0) is 4.79 Å². The van der Waals surface area contributed by atoms with Crippen molar-refractivity contribution in [3.05, 3.63) is 23.7 Å². The fourth-order valence-corrected chi connectivity index (χ4v) is 2.47. The number of carbonyl (C=O) groups is 2. The largest absolute Gasteiger partial charge is 0.469 e. The minimum atomic E-state index is -0.190. The van der Waals surface area contributed by atoms with Crippen LogP contribution in [0.4, 0.5) is 0 Å². The number of hydrogen-bond acceptors (Lipinski definition) is 4. The maximum absolute atomic E-state index is 12.1. The molecule has 2 rings (SSSR count). The Morgan fingerprint density at radius 2 is 2.00 bits per heavy atom. The maximum atomic E-state index is 12.1. The Morgan fingerprint density at radius 1 is 1.29 bits per heavy atom. The molecule has 1 N–H and O–H groups in total. The molecule has 1 saturated heterocycles. The molecule has 0 spiro atoms. The highest BCUT2D eigenvalue weighted by Gasteiger charge is 2.20. The molecule has 1 aromatic heterocycles. The molecule has 1 aliphatic heterocycles. The average Bonchev–Trinajstić information content (AvgIpc) is 2.93. The summed E-state index contributed by atoms with van der Waals surface area (Å²) < 4.78 is 5.09. The molecule has 0 saturated carbocycles. The maximum Gasteiger partial charge on any atom is 0.254 e. The molecule has 0 atom stereocenters. The van der Waals surface area contributed by atoms with Gasteiger partial charge in [0.05, 0.1) is 11.8 Å². The number of piperazine rings is 1. The van der Waals surface area contributed by atoms with E-state index in [1.54, 1.807) is 13.0 Å². The fourth-order valence-electron chi connectivity index (χ4n) is 2.47. The number of likely N-dealkylation sites (N-methyl/N-ethyl adjacent to an activating group) is 1. The van der Waals surface area contributed by atoms with Crippen LogP contribution in [0.3, 0.4) is 0 Å². The summed E-state index contributed by atoms with van der Waals surface area (Å²) in [5.41, 5.74) is 0.527. The molecule has 116 valence electrons. The lowest BCUT2D eigenvalue weighted by molar-refractivity contribution is -0.132. The van der Waals surface area contributed by atoms with E-state index in [0.717, 1.165) is 32.7 Å². The van der Waals surface area contributed by atoms with Gasteiger partial charge in [-0.05, 0) is 19.5 Å². The number of hydrogen-bond donors (Lipinski definition) is 1. The normalized spacial score (nSPS) is 16.0. The summed E-state index contributed by atoms with van der Waals surface area (Å²) in [5.74, 6) is 0.509. The Morgan fingerprint density at radius 3 is 2.57 bits per heavy atom. The second-order valence-corrected chi connectivity index (χ2v) is 5.21. The summed E-state index contributed by atoms with van der Waals surface area (Å²) in [6.07, 6.45) is 1.83. The number of aryl methyl sites for hydroxylation is 1. The number of rotatable bonds is 5. The first kappa shape index (κ1) is 15.6. The molecule has 0 aliphatic carbocycles. The van der Waals surface area contributed by atoms with E-state index in [2.05, 4.69) is 17.1 Å². The van der Waals surface area contributed by atoms with Crippen LogP contribution in [0.25, 0.3) is 0 Å². The molecular weight excluding hydrogens is 270 g/mol. The molecule has 6 nitrogen and oxygen atoms in total. The molecule has 0 aromatic carbocycles.